The maximum atomic E-state index is 5.82. The quantitative estimate of drug-likeness (QED) is 0.202. The van der Waals surface area contributed by atoms with Gasteiger partial charge in [0.1, 0.15) is 5.82 Å². The van der Waals surface area contributed by atoms with Crippen molar-refractivity contribution in [2.45, 2.75) is 39.3 Å². The summed E-state index contributed by atoms with van der Waals surface area (Å²) >= 11 is 0. The van der Waals surface area contributed by atoms with E-state index in [1.165, 1.54) is 5.56 Å². The van der Waals surface area contributed by atoms with Crippen molar-refractivity contribution in [2.24, 2.45) is 4.99 Å². The Labute approximate surface area is 204 Å². The molecule has 3 heterocycles. The molecular formula is C22H39IN6O2. The molecule has 1 aromatic rings. The number of aliphatic imine (C=N–C) groups is 1. The summed E-state index contributed by atoms with van der Waals surface area (Å²) in [6, 6.07) is 4.22. The highest BCUT2D eigenvalue weighted by Crippen LogP contribution is 2.15. The van der Waals surface area contributed by atoms with Crippen molar-refractivity contribution in [3.63, 3.8) is 0 Å². The predicted molar refractivity (Wildman–Crippen MR) is 137 cm³/mol. The standard InChI is InChI=1S/C22H38N6O2.HI/c1-3-23-22(25-8-5-14-30-20-7-15-29-18-20)26-17-19-6-9-24-21(16-19)28-12-10-27(4-2)11-13-28;/h6,9,16,20H,3-5,7-8,10-15,17-18H2,1-2H3,(H2,23,25,26);1H. The predicted octanol–water partition coefficient (Wildman–Crippen LogP) is 2.09. The minimum Gasteiger partial charge on any atom is -0.379 e. The minimum atomic E-state index is 0. The number of halogens is 1. The van der Waals surface area contributed by atoms with Crippen LogP contribution in [0.1, 0.15) is 32.3 Å². The second kappa shape index (κ2) is 14.8. The summed E-state index contributed by atoms with van der Waals surface area (Å²) in [5, 5.41) is 6.72. The highest BCUT2D eigenvalue weighted by molar-refractivity contribution is 14.0. The third-order valence-electron chi connectivity index (χ3n) is 5.57. The van der Waals surface area contributed by atoms with Crippen LogP contribution in [0, 0.1) is 0 Å². The first-order chi connectivity index (χ1) is 14.8. The van der Waals surface area contributed by atoms with Crippen LogP contribution >= 0.6 is 24.0 Å². The molecule has 0 bridgehead atoms. The van der Waals surface area contributed by atoms with E-state index in [0.29, 0.717) is 6.54 Å². The van der Waals surface area contributed by atoms with Gasteiger partial charge in [0.2, 0.25) is 0 Å². The zero-order valence-corrected chi connectivity index (χ0v) is 21.3. The van der Waals surface area contributed by atoms with Gasteiger partial charge in [-0.2, -0.15) is 0 Å². The number of nitrogens with one attached hydrogen (secondary N) is 2. The highest BCUT2D eigenvalue weighted by Gasteiger charge is 2.17. The Morgan fingerprint density at radius 3 is 2.81 bits per heavy atom. The normalized spacial score (nSPS) is 19.9. The summed E-state index contributed by atoms with van der Waals surface area (Å²) in [5.41, 5.74) is 1.18. The molecule has 176 valence electrons. The molecule has 9 heteroatoms. The summed E-state index contributed by atoms with van der Waals surface area (Å²) in [6.45, 7) is 14.3. The van der Waals surface area contributed by atoms with Crippen molar-refractivity contribution in [2.75, 3.05) is 70.5 Å². The van der Waals surface area contributed by atoms with Crippen molar-refractivity contribution in [1.29, 1.82) is 0 Å². The Morgan fingerprint density at radius 2 is 2.10 bits per heavy atom. The first-order valence-electron chi connectivity index (χ1n) is 11.4. The molecule has 2 aliphatic heterocycles. The lowest BCUT2D eigenvalue weighted by molar-refractivity contribution is 0.0420. The lowest BCUT2D eigenvalue weighted by Gasteiger charge is -2.34. The van der Waals surface area contributed by atoms with Gasteiger partial charge in [-0.1, -0.05) is 6.92 Å². The van der Waals surface area contributed by atoms with Gasteiger partial charge in [0.05, 0.1) is 19.3 Å². The minimum absolute atomic E-state index is 0. The van der Waals surface area contributed by atoms with Crippen LogP contribution in [0.4, 0.5) is 5.82 Å². The van der Waals surface area contributed by atoms with Crippen LogP contribution < -0.4 is 15.5 Å². The van der Waals surface area contributed by atoms with Crippen molar-refractivity contribution in [3.8, 4) is 0 Å². The first-order valence-corrected chi connectivity index (χ1v) is 11.4. The van der Waals surface area contributed by atoms with Crippen LogP contribution in [-0.4, -0.2) is 87.6 Å². The number of pyridine rings is 1. The topological polar surface area (TPSA) is 74.3 Å². The maximum absolute atomic E-state index is 5.82. The van der Waals surface area contributed by atoms with Crippen LogP contribution in [-0.2, 0) is 16.0 Å². The van der Waals surface area contributed by atoms with Crippen molar-refractivity contribution in [1.82, 2.24) is 20.5 Å². The van der Waals surface area contributed by atoms with E-state index in [-0.39, 0.29) is 30.1 Å². The number of hydrogen-bond donors (Lipinski definition) is 2. The largest absolute Gasteiger partial charge is 0.379 e. The van der Waals surface area contributed by atoms with E-state index in [1.807, 2.05) is 6.20 Å². The molecule has 2 fully saturated rings. The number of hydrogen-bond acceptors (Lipinski definition) is 6. The zero-order valence-electron chi connectivity index (χ0n) is 19.0. The van der Waals surface area contributed by atoms with E-state index in [1.54, 1.807) is 0 Å². The molecule has 1 atom stereocenters. The van der Waals surface area contributed by atoms with Crippen LogP contribution in [0.5, 0.6) is 0 Å². The molecule has 8 nitrogen and oxygen atoms in total. The molecule has 0 aromatic carbocycles. The van der Waals surface area contributed by atoms with Gasteiger partial charge in [0.15, 0.2) is 5.96 Å². The van der Waals surface area contributed by atoms with Crippen LogP contribution in [0.2, 0.25) is 0 Å². The fourth-order valence-corrected chi connectivity index (χ4v) is 3.71. The SMILES string of the molecule is CCNC(=NCc1ccnc(N2CCN(CC)CC2)c1)NCCCOC1CCOC1.I. The van der Waals surface area contributed by atoms with E-state index >= 15 is 0 Å². The summed E-state index contributed by atoms with van der Waals surface area (Å²) in [6.07, 6.45) is 4.14. The number of likely N-dealkylation sites (N-methyl/N-ethyl adjacent to an activating group) is 1. The zero-order chi connectivity index (χ0) is 21.0. The molecule has 0 aliphatic carbocycles. The average Bonchev–Trinajstić information content (AvgIpc) is 3.31. The van der Waals surface area contributed by atoms with Crippen molar-refractivity contribution in [3.05, 3.63) is 23.9 Å². The Morgan fingerprint density at radius 1 is 1.26 bits per heavy atom. The van der Waals surface area contributed by atoms with Crippen LogP contribution in [0.3, 0.4) is 0 Å². The lowest BCUT2D eigenvalue weighted by Crippen LogP contribution is -2.46. The summed E-state index contributed by atoms with van der Waals surface area (Å²) in [7, 11) is 0. The third-order valence-corrected chi connectivity index (χ3v) is 5.57. The lowest BCUT2D eigenvalue weighted by atomic mass is 10.2. The average molecular weight is 546 g/mol. The number of ether oxygens (including phenoxy) is 2. The molecule has 31 heavy (non-hydrogen) atoms. The Balaban J connectivity index is 0.00000341. The summed E-state index contributed by atoms with van der Waals surface area (Å²) in [5.74, 6) is 1.90. The van der Waals surface area contributed by atoms with Gasteiger partial charge in [-0.05, 0) is 44.0 Å². The number of piperazine rings is 1. The molecule has 2 N–H and O–H groups in total. The molecule has 3 rings (SSSR count). The van der Waals surface area contributed by atoms with Gasteiger partial charge in [-0.25, -0.2) is 9.98 Å². The van der Waals surface area contributed by atoms with Gasteiger partial charge in [0, 0.05) is 58.7 Å². The highest BCUT2D eigenvalue weighted by atomic mass is 127. The monoisotopic (exact) mass is 546 g/mol. The molecule has 0 saturated carbocycles. The van der Waals surface area contributed by atoms with E-state index in [0.717, 1.165) is 90.3 Å². The molecule has 2 aliphatic rings. The van der Waals surface area contributed by atoms with E-state index in [9.17, 15) is 0 Å². The van der Waals surface area contributed by atoms with Gasteiger partial charge in [-0.15, -0.1) is 24.0 Å². The van der Waals surface area contributed by atoms with Gasteiger partial charge in [0.25, 0.3) is 0 Å². The molecule has 1 aromatic heterocycles. The second-order valence-corrected chi connectivity index (χ2v) is 7.78. The fraction of sp³-hybridized carbons (Fsp3) is 0.727. The number of guanidine groups is 1. The van der Waals surface area contributed by atoms with Crippen molar-refractivity contribution >= 4 is 35.8 Å². The van der Waals surface area contributed by atoms with E-state index in [4.69, 9.17) is 14.5 Å². The molecule has 0 amide bonds. The third kappa shape index (κ3) is 9.07. The van der Waals surface area contributed by atoms with Gasteiger partial charge >= 0.3 is 0 Å². The number of anilines is 1. The van der Waals surface area contributed by atoms with E-state index < -0.39 is 0 Å². The fourth-order valence-electron chi connectivity index (χ4n) is 3.71. The molecule has 0 spiro atoms. The van der Waals surface area contributed by atoms with Gasteiger partial charge < -0.3 is 29.9 Å². The van der Waals surface area contributed by atoms with Gasteiger partial charge in [-0.3, -0.25) is 0 Å². The summed E-state index contributed by atoms with van der Waals surface area (Å²) < 4.78 is 11.2. The Bertz CT molecular complexity index is 649. The number of aromatic nitrogens is 1. The first kappa shape index (κ1) is 26.1. The maximum Gasteiger partial charge on any atom is 0.191 e. The van der Waals surface area contributed by atoms with Crippen molar-refractivity contribution < 1.29 is 9.47 Å². The Hall–Kier alpha value is -1.17. The number of nitrogens with zero attached hydrogens (tertiary/aromatic N) is 4. The Kier molecular flexibility index (Phi) is 12.5. The number of rotatable bonds is 10. The van der Waals surface area contributed by atoms with Crippen LogP contribution in [0.15, 0.2) is 23.3 Å². The smallest absolute Gasteiger partial charge is 0.191 e. The van der Waals surface area contributed by atoms with Crippen LogP contribution in [0.25, 0.3) is 0 Å². The molecule has 2 saturated heterocycles. The molecule has 0 radical (unpaired) electrons. The molecule has 1 unspecified atom stereocenters. The summed E-state index contributed by atoms with van der Waals surface area (Å²) in [4.78, 5) is 14.2. The molecular weight excluding hydrogens is 507 g/mol. The second-order valence-electron chi connectivity index (χ2n) is 7.78. The van der Waals surface area contributed by atoms with E-state index in [2.05, 4.69) is 51.4 Å².